The fourth-order valence-electron chi connectivity index (χ4n) is 3.90. The maximum Gasteiger partial charge on any atom is 0.416 e. The molecule has 3 heterocycles. The molecule has 39 heavy (non-hydrogen) atoms. The summed E-state index contributed by atoms with van der Waals surface area (Å²) >= 11 is 1.09. The highest BCUT2D eigenvalue weighted by Crippen LogP contribution is 2.39. The molecule has 5 rings (SSSR count). The van der Waals surface area contributed by atoms with Crippen LogP contribution in [0, 0.1) is 0 Å². The van der Waals surface area contributed by atoms with Crippen molar-refractivity contribution < 1.29 is 31.1 Å². The van der Waals surface area contributed by atoms with E-state index >= 15 is 0 Å². The predicted octanol–water partition coefficient (Wildman–Crippen LogP) is 7.90. The maximum absolute atomic E-state index is 13.2. The van der Waals surface area contributed by atoms with Crippen molar-refractivity contribution in [3.05, 3.63) is 95.1 Å². The molecule has 12 heteroatoms. The molecule has 0 aliphatic rings. The third kappa shape index (κ3) is 5.41. The number of nitrogens with two attached hydrogens (primary N) is 1. The van der Waals surface area contributed by atoms with Crippen molar-refractivity contribution in [3.8, 4) is 22.4 Å². The number of amides is 1. The highest BCUT2D eigenvalue weighted by molar-refractivity contribution is 7.21. The first kappa shape index (κ1) is 26.2. The number of halogens is 6. The fraction of sp³-hybridized carbons (Fsp3) is 0.0741. The molecular formula is C27H16F6N4OS. The first-order chi connectivity index (χ1) is 18.4. The first-order valence-corrected chi connectivity index (χ1v) is 12.0. The summed E-state index contributed by atoms with van der Waals surface area (Å²) in [5.74, 6) is -0.537. The van der Waals surface area contributed by atoms with Crippen molar-refractivity contribution in [3.63, 3.8) is 0 Å². The van der Waals surface area contributed by atoms with Crippen LogP contribution in [0.3, 0.4) is 0 Å². The van der Waals surface area contributed by atoms with Crippen molar-refractivity contribution in [2.75, 3.05) is 11.1 Å². The van der Waals surface area contributed by atoms with Crippen LogP contribution in [0.15, 0.2) is 79.1 Å². The zero-order valence-electron chi connectivity index (χ0n) is 19.6. The summed E-state index contributed by atoms with van der Waals surface area (Å²) in [4.78, 5) is 22.3. The van der Waals surface area contributed by atoms with Crippen molar-refractivity contribution in [2.45, 2.75) is 12.4 Å². The average Bonchev–Trinajstić information content (AvgIpc) is 3.24. The van der Waals surface area contributed by atoms with Crippen LogP contribution >= 0.6 is 11.3 Å². The van der Waals surface area contributed by atoms with Crippen molar-refractivity contribution in [2.24, 2.45) is 0 Å². The zero-order chi connectivity index (χ0) is 27.9. The van der Waals surface area contributed by atoms with Crippen LogP contribution in [0.4, 0.5) is 37.7 Å². The monoisotopic (exact) mass is 558 g/mol. The lowest BCUT2D eigenvalue weighted by Gasteiger charge is -2.14. The molecule has 0 atom stereocenters. The molecule has 3 N–H and O–H groups in total. The van der Waals surface area contributed by atoms with Crippen molar-refractivity contribution in [1.29, 1.82) is 0 Å². The molecule has 0 saturated carbocycles. The van der Waals surface area contributed by atoms with Crippen LogP contribution in [0.5, 0.6) is 0 Å². The number of hydrogen-bond donors (Lipinski definition) is 2. The van der Waals surface area contributed by atoms with Gasteiger partial charge in [-0.15, -0.1) is 11.3 Å². The van der Waals surface area contributed by atoms with E-state index in [1.807, 2.05) is 6.07 Å². The standard InChI is InChI=1S/C27H16F6N4OS/c28-26(29,30)17-10-16(11-18(12-17)27(31,32)33)14-3-5-19(6-4-14)36-24(38)23-22(34)20-7-8-21(37-25(20)39-23)15-2-1-9-35-13-15/h1-13H,34H2,(H,36,38). The van der Waals surface area contributed by atoms with Gasteiger partial charge in [0.2, 0.25) is 0 Å². The highest BCUT2D eigenvalue weighted by atomic mass is 32.1. The third-order valence-corrected chi connectivity index (χ3v) is 6.94. The van der Waals surface area contributed by atoms with Gasteiger partial charge in [0.05, 0.1) is 22.5 Å². The van der Waals surface area contributed by atoms with Crippen molar-refractivity contribution in [1.82, 2.24) is 9.97 Å². The normalized spacial score (nSPS) is 12.1. The van der Waals surface area contributed by atoms with Gasteiger partial charge in [0.25, 0.3) is 5.91 Å². The van der Waals surface area contributed by atoms with Gasteiger partial charge in [-0.3, -0.25) is 9.78 Å². The number of nitrogens with zero attached hydrogens (tertiary/aromatic N) is 2. The molecule has 0 aliphatic heterocycles. The van der Waals surface area contributed by atoms with Gasteiger partial charge >= 0.3 is 12.4 Å². The Hall–Kier alpha value is -4.45. The highest BCUT2D eigenvalue weighted by Gasteiger charge is 2.37. The van der Waals surface area contributed by atoms with Gasteiger partial charge in [0.15, 0.2) is 0 Å². The summed E-state index contributed by atoms with van der Waals surface area (Å²) in [6.45, 7) is 0. The van der Waals surface area contributed by atoms with E-state index in [0.717, 1.165) is 16.9 Å². The van der Waals surface area contributed by atoms with Gasteiger partial charge < -0.3 is 11.1 Å². The summed E-state index contributed by atoms with van der Waals surface area (Å²) in [6, 6.07) is 13.9. The van der Waals surface area contributed by atoms with Gasteiger partial charge in [-0.1, -0.05) is 12.1 Å². The van der Waals surface area contributed by atoms with E-state index < -0.39 is 29.4 Å². The van der Waals surface area contributed by atoms with Crippen LogP contribution in [0.2, 0.25) is 0 Å². The SMILES string of the molecule is Nc1c(C(=O)Nc2ccc(-c3cc(C(F)(F)F)cc(C(F)(F)F)c3)cc2)sc2nc(-c3cccnc3)ccc12. The number of benzene rings is 2. The molecule has 0 saturated heterocycles. The number of alkyl halides is 6. The zero-order valence-corrected chi connectivity index (χ0v) is 20.4. The lowest BCUT2D eigenvalue weighted by atomic mass is 9.99. The number of nitrogens with one attached hydrogen (secondary N) is 1. The molecule has 0 aliphatic carbocycles. The molecule has 0 fully saturated rings. The van der Waals surface area contributed by atoms with Gasteiger partial charge in [0.1, 0.15) is 9.71 Å². The molecule has 2 aromatic carbocycles. The largest absolute Gasteiger partial charge is 0.416 e. The van der Waals surface area contributed by atoms with E-state index in [2.05, 4.69) is 15.3 Å². The Morgan fingerprint density at radius 2 is 1.49 bits per heavy atom. The summed E-state index contributed by atoms with van der Waals surface area (Å²) in [7, 11) is 0. The van der Waals surface area contributed by atoms with E-state index in [0.29, 0.717) is 28.0 Å². The topological polar surface area (TPSA) is 80.9 Å². The van der Waals surface area contributed by atoms with E-state index in [9.17, 15) is 31.1 Å². The average molecular weight is 559 g/mol. The summed E-state index contributed by atoms with van der Waals surface area (Å²) in [5, 5.41) is 3.25. The molecule has 198 valence electrons. The summed E-state index contributed by atoms with van der Waals surface area (Å²) < 4.78 is 79.2. The lowest BCUT2D eigenvalue weighted by Crippen LogP contribution is -2.12. The molecule has 3 aromatic heterocycles. The number of thiophene rings is 1. The Labute approximate surface area is 221 Å². The smallest absolute Gasteiger partial charge is 0.397 e. The van der Waals surface area contributed by atoms with Crippen LogP contribution in [-0.2, 0) is 12.4 Å². The Morgan fingerprint density at radius 1 is 0.821 bits per heavy atom. The van der Waals surface area contributed by atoms with E-state index in [1.54, 1.807) is 30.6 Å². The second-order valence-electron chi connectivity index (χ2n) is 8.46. The Balaban J connectivity index is 1.40. The summed E-state index contributed by atoms with van der Waals surface area (Å²) in [6.07, 6.45) is -6.62. The maximum atomic E-state index is 13.2. The molecule has 0 unspecified atom stereocenters. The van der Waals surface area contributed by atoms with Gasteiger partial charge in [0, 0.05) is 29.0 Å². The van der Waals surface area contributed by atoms with Crippen LogP contribution < -0.4 is 11.1 Å². The third-order valence-electron chi connectivity index (χ3n) is 5.82. The number of pyridine rings is 2. The number of rotatable bonds is 4. The number of nitrogen functional groups attached to an aromatic ring is 1. The van der Waals surface area contributed by atoms with E-state index in [-0.39, 0.29) is 33.4 Å². The second-order valence-corrected chi connectivity index (χ2v) is 9.46. The molecule has 0 spiro atoms. The minimum absolute atomic E-state index is 0.0715. The van der Waals surface area contributed by atoms with E-state index in [4.69, 9.17) is 5.73 Å². The van der Waals surface area contributed by atoms with Gasteiger partial charge in [-0.05, 0) is 65.7 Å². The number of aromatic nitrogens is 2. The Bertz CT molecular complexity index is 1650. The lowest BCUT2D eigenvalue weighted by molar-refractivity contribution is -0.143. The quantitative estimate of drug-likeness (QED) is 0.220. The Morgan fingerprint density at radius 3 is 2.08 bits per heavy atom. The van der Waals surface area contributed by atoms with Crippen LogP contribution in [0.25, 0.3) is 32.6 Å². The molecule has 0 radical (unpaired) electrons. The molecule has 5 aromatic rings. The predicted molar refractivity (Wildman–Crippen MR) is 137 cm³/mol. The number of carbonyl (C=O) groups excluding carboxylic acids is 1. The Kier molecular flexibility index (Phi) is 6.51. The minimum atomic E-state index is -4.96. The van der Waals surface area contributed by atoms with Gasteiger partial charge in [-0.2, -0.15) is 26.3 Å². The molecule has 0 bridgehead atoms. The summed E-state index contributed by atoms with van der Waals surface area (Å²) in [5.41, 5.74) is 5.17. The van der Waals surface area contributed by atoms with Crippen LogP contribution in [-0.4, -0.2) is 15.9 Å². The van der Waals surface area contributed by atoms with Crippen molar-refractivity contribution >= 4 is 38.8 Å². The number of anilines is 2. The fourth-order valence-corrected chi connectivity index (χ4v) is 4.89. The molecular weight excluding hydrogens is 542 g/mol. The van der Waals surface area contributed by atoms with Gasteiger partial charge in [-0.25, -0.2) is 4.98 Å². The number of carbonyl (C=O) groups is 1. The van der Waals surface area contributed by atoms with E-state index in [1.165, 1.54) is 24.3 Å². The second kappa shape index (κ2) is 9.70. The molecule has 5 nitrogen and oxygen atoms in total. The van der Waals surface area contributed by atoms with Crippen LogP contribution in [0.1, 0.15) is 20.8 Å². The first-order valence-electron chi connectivity index (χ1n) is 11.2. The number of fused-ring (bicyclic) bond motifs is 1. The number of hydrogen-bond acceptors (Lipinski definition) is 5. The molecule has 1 amide bonds. The minimum Gasteiger partial charge on any atom is -0.397 e.